The van der Waals surface area contributed by atoms with Crippen molar-refractivity contribution in [1.29, 1.82) is 0 Å². The first-order valence-corrected chi connectivity index (χ1v) is 11.8. The first-order valence-electron chi connectivity index (χ1n) is 11.8. The fourth-order valence-corrected chi connectivity index (χ4v) is 4.27. The molecule has 7 nitrogen and oxygen atoms in total. The van der Waals surface area contributed by atoms with E-state index in [1.165, 1.54) is 0 Å². The van der Waals surface area contributed by atoms with E-state index < -0.39 is 6.17 Å². The van der Waals surface area contributed by atoms with Crippen molar-refractivity contribution in [3.8, 4) is 28.4 Å². The van der Waals surface area contributed by atoms with Crippen LogP contribution in [0.3, 0.4) is 0 Å². The molecule has 0 unspecified atom stereocenters. The van der Waals surface area contributed by atoms with Crippen molar-refractivity contribution in [3.63, 3.8) is 0 Å². The minimum atomic E-state index is -0.909. The zero-order valence-electron chi connectivity index (χ0n) is 19.9. The summed E-state index contributed by atoms with van der Waals surface area (Å²) in [7, 11) is 1.57. The molecule has 4 rings (SSSR count). The fourth-order valence-electron chi connectivity index (χ4n) is 4.27. The number of hydrogen-bond donors (Lipinski definition) is 0. The number of halogens is 1. The number of hydrogen-bond acceptors (Lipinski definition) is 6. The molecule has 8 heteroatoms. The summed E-state index contributed by atoms with van der Waals surface area (Å²) in [6, 6.07) is 7.64. The summed E-state index contributed by atoms with van der Waals surface area (Å²) < 4.78 is 33.8. The van der Waals surface area contributed by atoms with Crippen LogP contribution in [-0.4, -0.2) is 46.4 Å². The summed E-state index contributed by atoms with van der Waals surface area (Å²) in [4.78, 5) is 4.10. The van der Waals surface area contributed by atoms with E-state index in [9.17, 15) is 0 Å². The molecule has 1 aromatic carbocycles. The van der Waals surface area contributed by atoms with Crippen LogP contribution < -0.4 is 9.47 Å². The molecule has 0 radical (unpaired) electrons. The second-order valence-electron chi connectivity index (χ2n) is 8.29. The Labute approximate surface area is 199 Å². The highest BCUT2D eigenvalue weighted by Gasteiger charge is 2.29. The summed E-state index contributed by atoms with van der Waals surface area (Å²) in [5, 5.41) is 8.97. The molecule has 0 saturated carbocycles. The lowest BCUT2D eigenvalue weighted by atomic mass is 9.86. The number of allylic oxidation sites excluding steroid dienone is 1. The van der Waals surface area contributed by atoms with Gasteiger partial charge in [-0.05, 0) is 36.6 Å². The Kier molecular flexibility index (Phi) is 7.90. The van der Waals surface area contributed by atoms with Crippen LogP contribution in [0.15, 0.2) is 49.1 Å². The van der Waals surface area contributed by atoms with Crippen LogP contribution in [0.1, 0.15) is 45.2 Å². The Balaban J connectivity index is 1.67. The number of alkyl halides is 1. The van der Waals surface area contributed by atoms with Crippen molar-refractivity contribution < 1.29 is 18.6 Å². The quantitative estimate of drug-likeness (QED) is 0.341. The molecule has 1 aliphatic rings. The van der Waals surface area contributed by atoms with Gasteiger partial charge in [0, 0.05) is 43.1 Å². The van der Waals surface area contributed by atoms with Crippen molar-refractivity contribution in [3.05, 3.63) is 54.8 Å². The zero-order chi connectivity index (χ0) is 23.9. The molecule has 3 heterocycles. The second-order valence-corrected chi connectivity index (χ2v) is 8.29. The van der Waals surface area contributed by atoms with Gasteiger partial charge in [-0.15, -0.1) is 10.2 Å². The molecule has 180 valence electrons. The van der Waals surface area contributed by atoms with Gasteiger partial charge in [-0.2, -0.15) is 0 Å². The lowest BCUT2D eigenvalue weighted by Crippen LogP contribution is -2.21. The number of imidazole rings is 1. The van der Waals surface area contributed by atoms with E-state index in [4.69, 9.17) is 14.2 Å². The summed E-state index contributed by atoms with van der Waals surface area (Å²) in [6.45, 7) is 4.57. The molecule has 0 fully saturated rings. The number of nitrogens with zero attached hydrogens (tertiary/aromatic N) is 4. The van der Waals surface area contributed by atoms with Gasteiger partial charge in [-0.25, -0.2) is 9.37 Å². The number of benzene rings is 1. The Bertz CT molecular complexity index is 1120. The highest BCUT2D eigenvalue weighted by Crippen LogP contribution is 2.40. The number of rotatable bonds is 11. The highest BCUT2D eigenvalue weighted by molar-refractivity contribution is 5.75. The molecule has 0 saturated heterocycles. The minimum absolute atomic E-state index is 0.0932. The van der Waals surface area contributed by atoms with E-state index in [1.807, 2.05) is 48.0 Å². The molecule has 2 atom stereocenters. The Hall–Kier alpha value is -3.26. The number of aromatic nitrogens is 4. The monoisotopic (exact) mass is 466 g/mol. The summed E-state index contributed by atoms with van der Waals surface area (Å²) >= 11 is 0. The smallest absolute Gasteiger partial charge is 0.188 e. The van der Waals surface area contributed by atoms with Gasteiger partial charge >= 0.3 is 0 Å². The third-order valence-electron chi connectivity index (χ3n) is 6.06. The van der Waals surface area contributed by atoms with Crippen LogP contribution in [0.25, 0.3) is 22.5 Å². The van der Waals surface area contributed by atoms with E-state index >= 15 is 4.39 Å². The van der Waals surface area contributed by atoms with Crippen molar-refractivity contribution >= 4 is 5.57 Å². The van der Waals surface area contributed by atoms with E-state index in [1.54, 1.807) is 19.6 Å². The van der Waals surface area contributed by atoms with Crippen LogP contribution in [0, 0.1) is 5.92 Å². The maximum Gasteiger partial charge on any atom is 0.188 e. The van der Waals surface area contributed by atoms with Crippen molar-refractivity contribution in [1.82, 2.24) is 19.7 Å². The number of ether oxygens (including phenoxy) is 3. The average Bonchev–Trinajstić information content (AvgIpc) is 3.41. The molecular weight excluding hydrogens is 435 g/mol. The standard InChI is InChI=1S/C26H31FN4O3/c1-4-6-7-22(27)19(5-2)20-10-13-33-25-15-23(29-30-26(20)25)21-9-8-18(31-12-11-28-16-31)14-24(21)34-17-32-3/h8-12,14-16,19,22H,4-7,13,17H2,1-3H3/t19-,22-/m0/s1. The molecule has 0 amide bonds. The third kappa shape index (κ3) is 5.12. The van der Waals surface area contributed by atoms with E-state index in [0.717, 1.165) is 29.7 Å². The summed E-state index contributed by atoms with van der Waals surface area (Å²) in [6.07, 6.45) is 9.43. The van der Waals surface area contributed by atoms with Gasteiger partial charge in [-0.1, -0.05) is 26.7 Å². The zero-order valence-corrected chi connectivity index (χ0v) is 19.9. The Morgan fingerprint density at radius 3 is 2.82 bits per heavy atom. The van der Waals surface area contributed by atoms with Crippen LogP contribution in [-0.2, 0) is 4.74 Å². The van der Waals surface area contributed by atoms with Gasteiger partial charge in [-0.3, -0.25) is 0 Å². The van der Waals surface area contributed by atoms with Gasteiger partial charge in [0.2, 0.25) is 0 Å². The van der Waals surface area contributed by atoms with Crippen LogP contribution >= 0.6 is 0 Å². The normalized spacial score (nSPS) is 14.6. The predicted molar refractivity (Wildman–Crippen MR) is 129 cm³/mol. The van der Waals surface area contributed by atoms with Gasteiger partial charge < -0.3 is 18.8 Å². The third-order valence-corrected chi connectivity index (χ3v) is 6.06. The second kappa shape index (κ2) is 11.2. The van der Waals surface area contributed by atoms with E-state index in [0.29, 0.717) is 42.3 Å². The average molecular weight is 467 g/mol. The minimum Gasteiger partial charge on any atom is -0.487 e. The maximum absolute atomic E-state index is 15.0. The maximum atomic E-state index is 15.0. The molecular formula is C26H31FN4O3. The number of methoxy groups -OCH3 is 1. The van der Waals surface area contributed by atoms with Crippen LogP contribution in [0.2, 0.25) is 0 Å². The lowest BCUT2D eigenvalue weighted by molar-refractivity contribution is 0.0515. The molecule has 3 aromatic rings. The topological polar surface area (TPSA) is 71.3 Å². The van der Waals surface area contributed by atoms with Gasteiger partial charge in [0.05, 0.1) is 12.0 Å². The number of fused-ring (bicyclic) bond motifs is 1. The molecule has 0 spiro atoms. The Morgan fingerprint density at radius 2 is 2.09 bits per heavy atom. The van der Waals surface area contributed by atoms with Crippen LogP contribution in [0.5, 0.6) is 11.5 Å². The number of unbranched alkanes of at least 4 members (excludes halogenated alkanes) is 1. The molecule has 0 N–H and O–H groups in total. The molecule has 2 aromatic heterocycles. The van der Waals surface area contributed by atoms with Crippen molar-refractivity contribution in [2.45, 2.75) is 45.7 Å². The van der Waals surface area contributed by atoms with Crippen molar-refractivity contribution in [2.75, 3.05) is 20.5 Å². The van der Waals surface area contributed by atoms with Gasteiger partial charge in [0.15, 0.2) is 6.79 Å². The highest BCUT2D eigenvalue weighted by atomic mass is 19.1. The predicted octanol–water partition coefficient (Wildman–Crippen LogP) is 5.64. The summed E-state index contributed by atoms with van der Waals surface area (Å²) in [5.41, 5.74) is 3.77. The molecule has 34 heavy (non-hydrogen) atoms. The van der Waals surface area contributed by atoms with E-state index in [2.05, 4.69) is 22.1 Å². The molecule has 0 bridgehead atoms. The Morgan fingerprint density at radius 1 is 1.21 bits per heavy atom. The van der Waals surface area contributed by atoms with Gasteiger partial charge in [0.1, 0.15) is 35.7 Å². The lowest BCUT2D eigenvalue weighted by Gasteiger charge is -2.26. The van der Waals surface area contributed by atoms with Crippen molar-refractivity contribution in [2.24, 2.45) is 5.92 Å². The first-order chi connectivity index (χ1) is 16.7. The SMILES string of the molecule is CCCC[C@H](F)[C@@H](CC)C1=CCOc2cc(-c3ccc(-n4ccnc4)cc3OCOC)nnc21. The van der Waals surface area contributed by atoms with E-state index in [-0.39, 0.29) is 12.7 Å². The van der Waals surface area contributed by atoms with Crippen LogP contribution in [0.4, 0.5) is 4.39 Å². The molecule has 1 aliphatic heterocycles. The first kappa shape index (κ1) is 23.9. The fraction of sp³-hybridized carbons (Fsp3) is 0.423. The largest absolute Gasteiger partial charge is 0.487 e. The molecule has 0 aliphatic carbocycles. The summed E-state index contributed by atoms with van der Waals surface area (Å²) in [5.74, 6) is 0.994. The van der Waals surface area contributed by atoms with Gasteiger partial charge in [0.25, 0.3) is 0 Å².